The number of amides is 8. The van der Waals surface area contributed by atoms with Crippen LogP contribution in [0.3, 0.4) is 0 Å². The number of ketones is 1. The quantitative estimate of drug-likeness (QED) is 0.0210. The number of aromatic nitrogens is 4. The fraction of sp³-hybridized carbons (Fsp3) is 0.741. The Bertz CT molecular complexity index is 2210. The van der Waals surface area contributed by atoms with Crippen LogP contribution >= 0.6 is 0 Å². The van der Waals surface area contributed by atoms with E-state index in [1.807, 2.05) is 13.8 Å². The number of aryl methyl sites for hydroxylation is 1. The maximum absolute atomic E-state index is 13.9. The van der Waals surface area contributed by atoms with E-state index in [-0.39, 0.29) is 82.0 Å². The molecule has 29 heteroatoms. The lowest BCUT2D eigenvalue weighted by Gasteiger charge is -2.27. The third kappa shape index (κ3) is 34.3. The van der Waals surface area contributed by atoms with E-state index < -0.39 is 97.4 Å². The van der Waals surface area contributed by atoms with Gasteiger partial charge in [0.15, 0.2) is 17.6 Å². The van der Waals surface area contributed by atoms with Gasteiger partial charge in [0, 0.05) is 57.1 Å². The summed E-state index contributed by atoms with van der Waals surface area (Å²) in [6.07, 6.45) is 19.5. The first kappa shape index (κ1) is 72.1. The number of nitrogens with two attached hydrogens (primary N) is 3. The molecule has 0 radical (unpaired) electrons. The molecule has 1 aromatic heterocycles. The Morgan fingerprint density at radius 1 is 0.627 bits per heavy atom. The number of carbonyl (C=O) groups excluding carboxylic acids is 9. The molecule has 0 aromatic carbocycles. The summed E-state index contributed by atoms with van der Waals surface area (Å²) in [6.45, 7) is 3.21. The number of hydrogen-bond acceptors (Lipinski definition) is 18. The van der Waals surface area contributed by atoms with Crippen LogP contribution in [0.2, 0.25) is 0 Å². The molecule has 0 aliphatic carbocycles. The number of carbonyl (C=O) groups is 9. The lowest BCUT2D eigenvalue weighted by Crippen LogP contribution is -2.60. The second-order valence-corrected chi connectivity index (χ2v) is 20.9. The third-order valence-corrected chi connectivity index (χ3v) is 13.2. The predicted molar refractivity (Wildman–Crippen MR) is 307 cm³/mol. The van der Waals surface area contributed by atoms with Gasteiger partial charge in [0.2, 0.25) is 47.3 Å². The summed E-state index contributed by atoms with van der Waals surface area (Å²) in [5, 5.41) is 52.0. The minimum absolute atomic E-state index is 0.00792. The van der Waals surface area contributed by atoms with E-state index in [1.165, 1.54) is 64.7 Å². The summed E-state index contributed by atoms with van der Waals surface area (Å²) < 4.78 is 10.9. The Balaban J connectivity index is 1.85. The highest BCUT2D eigenvalue weighted by molar-refractivity contribution is 5.97. The van der Waals surface area contributed by atoms with Gasteiger partial charge in [-0.1, -0.05) is 95.8 Å². The molecule has 83 heavy (non-hydrogen) atoms. The van der Waals surface area contributed by atoms with Crippen LogP contribution < -0.4 is 54.4 Å². The second-order valence-electron chi connectivity index (χ2n) is 20.9. The van der Waals surface area contributed by atoms with Crippen LogP contribution in [0.5, 0.6) is 0 Å². The van der Waals surface area contributed by atoms with Gasteiger partial charge in [-0.05, 0) is 51.4 Å². The second kappa shape index (κ2) is 43.7. The number of nitrogens with zero attached hydrogens (tertiary/aromatic N) is 5. The number of nitrogens with one attached hydrogen (secondary N) is 8. The molecule has 0 spiro atoms. The van der Waals surface area contributed by atoms with Crippen molar-refractivity contribution in [2.45, 2.75) is 198 Å². The SMILES string of the molecule is CC(=O)[C@@H](CC(C)C)NC(=O)[C@H](CO)NC(=O)[C@H](CC1=CCC=N1)NC(=O)[C@H](CO)NC(=O)[C@H](CCCN=C(N)N)NC(=O)[C@H](CCC(N)=O)NC(=O)COCCOCCNC(=O)CCCCCCCCCCCCCCCc1nn[nH]n1. The van der Waals surface area contributed by atoms with Crippen molar-refractivity contribution in [2.75, 3.05) is 52.7 Å². The number of H-pyrrole nitrogens is 1. The van der Waals surface area contributed by atoms with Crippen molar-refractivity contribution in [3.05, 3.63) is 17.6 Å². The molecular weight excluding hydrogens is 1080 g/mol. The number of aliphatic hydroxyl groups excluding tert-OH is 2. The van der Waals surface area contributed by atoms with Crippen molar-refractivity contribution in [3.63, 3.8) is 0 Å². The summed E-state index contributed by atoms with van der Waals surface area (Å²) in [5.74, 6) is -6.13. The smallest absolute Gasteiger partial charge is 0.246 e. The van der Waals surface area contributed by atoms with Crippen molar-refractivity contribution >= 4 is 65.2 Å². The molecule has 6 atom stereocenters. The van der Waals surface area contributed by atoms with E-state index >= 15 is 0 Å². The predicted octanol–water partition coefficient (Wildman–Crippen LogP) is -1.05. The Hall–Kier alpha value is -6.98. The minimum atomic E-state index is -1.73. The number of aliphatic imine (C=N–C) groups is 2. The highest BCUT2D eigenvalue weighted by atomic mass is 16.5. The molecule has 0 fully saturated rings. The molecule has 29 nitrogen and oxygen atoms in total. The molecule has 0 unspecified atom stereocenters. The van der Waals surface area contributed by atoms with Crippen LogP contribution in [0, 0.1) is 5.92 Å². The van der Waals surface area contributed by atoms with Crippen LogP contribution in [-0.4, -0.2) is 185 Å². The van der Waals surface area contributed by atoms with E-state index in [1.54, 1.807) is 12.3 Å². The molecule has 2 heterocycles. The van der Waals surface area contributed by atoms with Crippen molar-refractivity contribution in [3.8, 4) is 0 Å². The Labute approximate surface area is 486 Å². The zero-order valence-corrected chi connectivity index (χ0v) is 48.8. The lowest BCUT2D eigenvalue weighted by molar-refractivity contribution is -0.136. The van der Waals surface area contributed by atoms with Crippen LogP contribution in [-0.2, 0) is 59.0 Å². The van der Waals surface area contributed by atoms with Gasteiger partial charge in [-0.3, -0.25) is 53.1 Å². The number of guanidine groups is 1. The topological polar surface area (TPSA) is 454 Å². The van der Waals surface area contributed by atoms with Crippen molar-refractivity contribution in [2.24, 2.45) is 33.1 Å². The van der Waals surface area contributed by atoms with Crippen molar-refractivity contribution in [1.29, 1.82) is 0 Å². The standard InChI is InChI=1S/C54H94N16O13/c1-36(2)31-41(37(3)73)63-52(80)43(33-71)66-51(79)42(32-38-19-17-25-58-38)64-53(81)44(34-72)65-49(77)39(20-18-26-60-54(56)57)62-50(78)40(23-24-45(55)74)61-48(76)35-83-30-29-82-28-27-59-47(75)22-16-14-12-10-8-6-4-5-7-9-11-13-15-21-46-67-69-70-68-46/h19,25,36,39-44,71-72H,4-18,20-24,26-35H2,1-3H3,(H2,55,74)(H,59,75)(H,61,76)(H,62,78)(H,63,80)(H,64,81)(H,65,77)(H,66,79)(H4,56,57,60)(H,67,68,69,70)/t39-,40-,41+,42-,43-,44-/m0/s1. The zero-order valence-electron chi connectivity index (χ0n) is 48.8. The highest BCUT2D eigenvalue weighted by Crippen LogP contribution is 2.16. The first-order chi connectivity index (χ1) is 39.8. The number of primary amides is 1. The van der Waals surface area contributed by atoms with Crippen LogP contribution in [0.4, 0.5) is 0 Å². The third-order valence-electron chi connectivity index (χ3n) is 13.2. The number of ether oxygens (including phenoxy) is 2. The Morgan fingerprint density at radius 3 is 1.69 bits per heavy atom. The Kier molecular flexibility index (Phi) is 37.9. The van der Waals surface area contributed by atoms with E-state index in [2.05, 4.69) is 67.8 Å². The molecule has 1 aliphatic rings. The maximum Gasteiger partial charge on any atom is 0.246 e. The van der Waals surface area contributed by atoms with E-state index in [0.717, 1.165) is 37.9 Å². The van der Waals surface area contributed by atoms with Gasteiger partial charge in [0.1, 0.15) is 36.8 Å². The number of hydrogen-bond donors (Lipinski definition) is 13. The molecule has 2 rings (SSSR count). The molecule has 0 bridgehead atoms. The summed E-state index contributed by atoms with van der Waals surface area (Å²) in [4.78, 5) is 126. The largest absolute Gasteiger partial charge is 0.394 e. The highest BCUT2D eigenvalue weighted by Gasteiger charge is 2.34. The summed E-state index contributed by atoms with van der Waals surface area (Å²) in [7, 11) is 0. The number of allylic oxidation sites excluding steroid dienone is 1. The number of aromatic amines is 1. The molecule has 8 amide bonds. The lowest BCUT2D eigenvalue weighted by atomic mass is 10.0. The monoisotopic (exact) mass is 1170 g/mol. The summed E-state index contributed by atoms with van der Waals surface area (Å²) in [5.41, 5.74) is 16.7. The van der Waals surface area contributed by atoms with E-state index in [0.29, 0.717) is 31.5 Å². The van der Waals surface area contributed by atoms with Crippen molar-refractivity contribution in [1.82, 2.24) is 57.8 Å². The number of tetrazole rings is 1. The molecule has 0 saturated carbocycles. The first-order valence-corrected chi connectivity index (χ1v) is 29.1. The maximum atomic E-state index is 13.9. The Morgan fingerprint density at radius 2 is 1.16 bits per heavy atom. The number of aliphatic hydroxyl groups is 2. The van der Waals surface area contributed by atoms with E-state index in [9.17, 15) is 53.4 Å². The molecule has 468 valence electrons. The molecular formula is C54H94N16O13. The van der Waals surface area contributed by atoms with Gasteiger partial charge in [-0.15, -0.1) is 10.2 Å². The van der Waals surface area contributed by atoms with Crippen LogP contribution in [0.15, 0.2) is 21.8 Å². The van der Waals surface area contributed by atoms with Gasteiger partial charge in [0.05, 0.1) is 39.1 Å². The minimum Gasteiger partial charge on any atom is -0.394 e. The number of Topliss-reactive ketones (excluding diaryl/α,β-unsaturated/α-hetero) is 1. The molecule has 16 N–H and O–H groups in total. The van der Waals surface area contributed by atoms with Gasteiger partial charge in [-0.25, -0.2) is 0 Å². The summed E-state index contributed by atoms with van der Waals surface area (Å²) >= 11 is 0. The van der Waals surface area contributed by atoms with E-state index in [4.69, 9.17) is 26.7 Å². The number of unbranched alkanes of at least 4 members (excludes halogenated alkanes) is 12. The van der Waals surface area contributed by atoms with Gasteiger partial charge < -0.3 is 74.1 Å². The molecule has 1 aromatic rings. The average Bonchev–Trinajstić information content (AvgIpc) is 4.26. The first-order valence-electron chi connectivity index (χ1n) is 29.1. The fourth-order valence-electron chi connectivity index (χ4n) is 8.61. The molecule has 0 saturated heterocycles. The van der Waals surface area contributed by atoms with Gasteiger partial charge in [-0.2, -0.15) is 5.21 Å². The van der Waals surface area contributed by atoms with Crippen LogP contribution in [0.1, 0.15) is 161 Å². The fourth-order valence-corrected chi connectivity index (χ4v) is 8.61. The normalized spacial score (nSPS) is 14.0. The molecule has 1 aliphatic heterocycles. The van der Waals surface area contributed by atoms with Gasteiger partial charge >= 0.3 is 0 Å². The average molecular weight is 1180 g/mol. The van der Waals surface area contributed by atoms with Gasteiger partial charge in [0.25, 0.3) is 0 Å². The zero-order chi connectivity index (χ0) is 61.2. The summed E-state index contributed by atoms with van der Waals surface area (Å²) in [6, 6.07) is -8.49. The van der Waals surface area contributed by atoms with Crippen LogP contribution in [0.25, 0.3) is 0 Å². The van der Waals surface area contributed by atoms with Crippen molar-refractivity contribution < 1.29 is 62.8 Å². The number of rotatable bonds is 49.